The zero-order valence-electron chi connectivity index (χ0n) is 18.5. The second kappa shape index (κ2) is 12.0. The smallest absolute Gasteiger partial charge is 0.316 e. The van der Waals surface area contributed by atoms with Crippen LogP contribution < -0.4 is 10.1 Å². The van der Waals surface area contributed by atoms with Gasteiger partial charge in [-0.25, -0.2) is 15.0 Å². The van der Waals surface area contributed by atoms with Crippen LogP contribution in [0, 0.1) is 0 Å². The zero-order chi connectivity index (χ0) is 21.9. The summed E-state index contributed by atoms with van der Waals surface area (Å²) in [5.74, 6) is 0.727. The van der Waals surface area contributed by atoms with Gasteiger partial charge in [0.15, 0.2) is 0 Å². The van der Waals surface area contributed by atoms with Gasteiger partial charge in [-0.05, 0) is 62.6 Å². The minimum Gasteiger partial charge on any atom is -0.467 e. The molecule has 1 aliphatic heterocycles. The molecule has 7 heteroatoms. The first-order chi connectivity index (χ1) is 15.2. The van der Waals surface area contributed by atoms with Crippen LogP contribution in [0.15, 0.2) is 36.7 Å². The molecule has 0 saturated heterocycles. The molecule has 1 N–H and O–H groups in total. The standard InChI is InChI=1S/C24H32N4O3/c1-3-31-22(29)15-19(20-16-26-24(30-2)27-17-20)9-6-4-5-7-11-21-13-12-18-10-8-14-25-23(18)28-21/h6,9,12-13,16-17,19H,3-5,7-8,10-11,14-15H2,1-2H3,(H,25,28)/b9-6+/t19-/m1/s1. The van der Waals surface area contributed by atoms with E-state index >= 15 is 0 Å². The lowest BCUT2D eigenvalue weighted by Gasteiger charge is -2.17. The van der Waals surface area contributed by atoms with Crippen molar-refractivity contribution in [1.82, 2.24) is 15.0 Å². The predicted molar refractivity (Wildman–Crippen MR) is 120 cm³/mol. The number of aromatic nitrogens is 3. The van der Waals surface area contributed by atoms with Gasteiger partial charge in [-0.3, -0.25) is 4.79 Å². The van der Waals surface area contributed by atoms with E-state index in [1.54, 1.807) is 12.4 Å². The Morgan fingerprint density at radius 3 is 2.87 bits per heavy atom. The molecule has 7 nitrogen and oxygen atoms in total. The highest BCUT2D eigenvalue weighted by atomic mass is 16.5. The summed E-state index contributed by atoms with van der Waals surface area (Å²) in [6, 6.07) is 4.68. The Bertz CT molecular complexity index is 868. The number of allylic oxidation sites excluding steroid dienone is 2. The Kier molecular flexibility index (Phi) is 8.82. The van der Waals surface area contributed by atoms with Crippen molar-refractivity contribution < 1.29 is 14.3 Å². The molecular formula is C24H32N4O3. The molecule has 0 amide bonds. The van der Waals surface area contributed by atoms with Crippen LogP contribution in [0.4, 0.5) is 5.82 Å². The third-order valence-corrected chi connectivity index (χ3v) is 5.32. The highest BCUT2D eigenvalue weighted by molar-refractivity contribution is 5.71. The van der Waals surface area contributed by atoms with Gasteiger partial charge in [-0.2, -0.15) is 0 Å². The number of methoxy groups -OCH3 is 1. The summed E-state index contributed by atoms with van der Waals surface area (Å²) in [4.78, 5) is 25.1. The third kappa shape index (κ3) is 7.05. The molecule has 0 saturated carbocycles. The summed E-state index contributed by atoms with van der Waals surface area (Å²) in [6.07, 6.45) is 14.2. The van der Waals surface area contributed by atoms with Gasteiger partial charge in [0.2, 0.25) is 0 Å². The van der Waals surface area contributed by atoms with Crippen LogP contribution in [0.5, 0.6) is 6.01 Å². The predicted octanol–water partition coefficient (Wildman–Crippen LogP) is 4.24. The number of nitrogens with zero attached hydrogens (tertiary/aromatic N) is 3. The summed E-state index contributed by atoms with van der Waals surface area (Å²) in [7, 11) is 1.53. The van der Waals surface area contributed by atoms with Crippen LogP contribution in [0.3, 0.4) is 0 Å². The number of esters is 1. The molecule has 0 bridgehead atoms. The molecular weight excluding hydrogens is 392 g/mol. The number of aryl methyl sites for hydroxylation is 2. The molecule has 2 aromatic rings. The molecule has 166 valence electrons. The van der Waals surface area contributed by atoms with E-state index < -0.39 is 0 Å². The van der Waals surface area contributed by atoms with Gasteiger partial charge in [0.25, 0.3) is 0 Å². The number of carbonyl (C=O) groups excluding carboxylic acids is 1. The Labute approximate surface area is 184 Å². The maximum Gasteiger partial charge on any atom is 0.316 e. The molecule has 1 aliphatic rings. The number of hydrogen-bond acceptors (Lipinski definition) is 7. The van der Waals surface area contributed by atoms with Gasteiger partial charge in [0.1, 0.15) is 5.82 Å². The monoisotopic (exact) mass is 424 g/mol. The average Bonchev–Trinajstić information content (AvgIpc) is 2.80. The number of carbonyl (C=O) groups is 1. The van der Waals surface area contributed by atoms with Gasteiger partial charge in [0, 0.05) is 30.6 Å². The SMILES string of the molecule is CCOC(=O)C[C@@H](/C=C/CCCCc1ccc2c(n1)NCCC2)c1cnc(OC)nc1. The van der Waals surface area contributed by atoms with E-state index in [9.17, 15) is 4.79 Å². The summed E-state index contributed by atoms with van der Waals surface area (Å²) in [6.45, 7) is 3.20. The van der Waals surface area contributed by atoms with Crippen LogP contribution in [-0.4, -0.2) is 41.2 Å². The largest absolute Gasteiger partial charge is 0.467 e. The molecule has 1 atom stereocenters. The van der Waals surface area contributed by atoms with Gasteiger partial charge in [0.05, 0.1) is 20.1 Å². The fourth-order valence-corrected chi connectivity index (χ4v) is 3.66. The zero-order valence-corrected chi connectivity index (χ0v) is 18.5. The van der Waals surface area contributed by atoms with E-state index in [4.69, 9.17) is 14.5 Å². The fourth-order valence-electron chi connectivity index (χ4n) is 3.66. The lowest BCUT2D eigenvalue weighted by molar-refractivity contribution is -0.143. The lowest BCUT2D eigenvalue weighted by Crippen LogP contribution is -2.13. The van der Waals surface area contributed by atoms with Crippen LogP contribution in [0.2, 0.25) is 0 Å². The summed E-state index contributed by atoms with van der Waals surface area (Å²) < 4.78 is 10.1. The quantitative estimate of drug-likeness (QED) is 0.328. The maximum absolute atomic E-state index is 12.0. The molecule has 3 rings (SSSR count). The van der Waals surface area contributed by atoms with E-state index in [1.165, 1.54) is 19.1 Å². The Balaban J connectivity index is 1.49. The number of fused-ring (bicyclic) bond motifs is 1. The average molecular weight is 425 g/mol. The van der Waals surface area contributed by atoms with Crippen molar-refractivity contribution in [3.63, 3.8) is 0 Å². The first-order valence-electron chi connectivity index (χ1n) is 11.1. The topological polar surface area (TPSA) is 86.2 Å². The summed E-state index contributed by atoms with van der Waals surface area (Å²) in [5.41, 5.74) is 3.34. The van der Waals surface area contributed by atoms with E-state index in [0.717, 1.165) is 55.7 Å². The molecule has 0 aliphatic carbocycles. The van der Waals surface area contributed by atoms with Crippen molar-refractivity contribution >= 4 is 11.8 Å². The molecule has 3 heterocycles. The number of hydrogen-bond donors (Lipinski definition) is 1. The molecule has 0 aromatic carbocycles. The van der Waals surface area contributed by atoms with Crippen molar-refractivity contribution in [2.24, 2.45) is 0 Å². The van der Waals surface area contributed by atoms with E-state index in [0.29, 0.717) is 12.6 Å². The van der Waals surface area contributed by atoms with Crippen LogP contribution in [0.25, 0.3) is 0 Å². The van der Waals surface area contributed by atoms with Crippen molar-refractivity contribution in [3.05, 3.63) is 53.5 Å². The van der Waals surface area contributed by atoms with Crippen LogP contribution in [-0.2, 0) is 22.4 Å². The molecule has 0 radical (unpaired) electrons. The van der Waals surface area contributed by atoms with Crippen LogP contribution in [0.1, 0.15) is 61.8 Å². The number of nitrogens with one attached hydrogen (secondary N) is 1. The number of anilines is 1. The minimum atomic E-state index is -0.222. The van der Waals surface area contributed by atoms with Crippen molar-refractivity contribution in [2.45, 2.75) is 57.8 Å². The fraction of sp³-hybridized carbons (Fsp3) is 0.500. The van der Waals surface area contributed by atoms with Gasteiger partial charge in [-0.15, -0.1) is 0 Å². The Morgan fingerprint density at radius 2 is 2.10 bits per heavy atom. The second-order valence-corrected chi connectivity index (χ2v) is 7.63. The summed E-state index contributed by atoms with van der Waals surface area (Å²) >= 11 is 0. The summed E-state index contributed by atoms with van der Waals surface area (Å²) in [5, 5.41) is 3.40. The van der Waals surface area contributed by atoms with Crippen molar-refractivity contribution in [3.8, 4) is 6.01 Å². The molecule has 0 fully saturated rings. The minimum absolute atomic E-state index is 0.113. The normalized spacial score (nSPS) is 14.0. The first kappa shape index (κ1) is 22.7. The van der Waals surface area contributed by atoms with Gasteiger partial charge >= 0.3 is 12.0 Å². The van der Waals surface area contributed by atoms with E-state index in [1.807, 2.05) is 6.92 Å². The van der Waals surface area contributed by atoms with E-state index in [2.05, 4.69) is 39.6 Å². The molecule has 0 unspecified atom stereocenters. The van der Waals surface area contributed by atoms with E-state index in [-0.39, 0.29) is 18.3 Å². The highest BCUT2D eigenvalue weighted by Gasteiger charge is 2.15. The molecule has 2 aromatic heterocycles. The first-order valence-corrected chi connectivity index (χ1v) is 11.1. The number of unbranched alkanes of at least 4 members (excludes halogenated alkanes) is 2. The third-order valence-electron chi connectivity index (χ3n) is 5.32. The molecule has 31 heavy (non-hydrogen) atoms. The Morgan fingerprint density at radius 1 is 1.26 bits per heavy atom. The van der Waals surface area contributed by atoms with Crippen molar-refractivity contribution in [1.29, 1.82) is 0 Å². The lowest BCUT2D eigenvalue weighted by atomic mass is 9.97. The Hall–Kier alpha value is -2.96. The van der Waals surface area contributed by atoms with Crippen molar-refractivity contribution in [2.75, 3.05) is 25.6 Å². The maximum atomic E-state index is 12.0. The molecule has 0 spiro atoms. The number of ether oxygens (including phenoxy) is 2. The number of pyridine rings is 1. The van der Waals surface area contributed by atoms with Gasteiger partial charge in [-0.1, -0.05) is 18.2 Å². The second-order valence-electron chi connectivity index (χ2n) is 7.63. The van der Waals surface area contributed by atoms with Gasteiger partial charge < -0.3 is 14.8 Å². The number of rotatable bonds is 11. The van der Waals surface area contributed by atoms with Crippen LogP contribution >= 0.6 is 0 Å². The highest BCUT2D eigenvalue weighted by Crippen LogP contribution is 2.23.